The zero-order valence-electron chi connectivity index (χ0n) is 16.0. The Morgan fingerprint density at radius 3 is 2.50 bits per heavy atom. The molecule has 1 heterocycles. The minimum absolute atomic E-state index is 0.00817. The minimum atomic E-state index is -3.54. The molecule has 2 aromatic carbocycles. The predicted molar refractivity (Wildman–Crippen MR) is 110 cm³/mol. The van der Waals surface area contributed by atoms with Gasteiger partial charge in [0.1, 0.15) is 5.52 Å². The van der Waals surface area contributed by atoms with E-state index < -0.39 is 10.0 Å². The van der Waals surface area contributed by atoms with Crippen LogP contribution >= 0.6 is 11.8 Å². The standard InChI is InChI=1S/C20H22N2O4S2/c1-4-5-14-6-8-15(9-7-14)18(23)13-27-20-21-17-12-16(10-11-19(17)26-20)28(24,25)22(2)3/h6-12H,4-5,13H2,1-3H3. The predicted octanol–water partition coefficient (Wildman–Crippen LogP) is 4.01. The van der Waals surface area contributed by atoms with Crippen LogP contribution in [0.5, 0.6) is 0 Å². The Morgan fingerprint density at radius 1 is 1.14 bits per heavy atom. The molecule has 8 heteroatoms. The molecule has 0 aliphatic carbocycles. The highest BCUT2D eigenvalue weighted by Crippen LogP contribution is 2.26. The first-order chi connectivity index (χ1) is 13.3. The number of Topliss-reactive ketones (excluding diaryl/α,β-unsaturated/α-hetero) is 1. The van der Waals surface area contributed by atoms with Crippen LogP contribution in [-0.4, -0.2) is 43.3 Å². The van der Waals surface area contributed by atoms with Gasteiger partial charge in [0.25, 0.3) is 5.22 Å². The molecule has 0 bridgehead atoms. The fourth-order valence-electron chi connectivity index (χ4n) is 2.68. The first-order valence-electron chi connectivity index (χ1n) is 8.89. The average Bonchev–Trinajstić information content (AvgIpc) is 3.09. The molecule has 0 saturated carbocycles. The van der Waals surface area contributed by atoms with Gasteiger partial charge >= 0.3 is 0 Å². The van der Waals surface area contributed by atoms with Gasteiger partial charge in [-0.05, 0) is 30.2 Å². The van der Waals surface area contributed by atoms with Crippen LogP contribution in [0, 0.1) is 0 Å². The Morgan fingerprint density at radius 2 is 1.86 bits per heavy atom. The smallest absolute Gasteiger partial charge is 0.257 e. The highest BCUT2D eigenvalue weighted by atomic mass is 32.2. The summed E-state index contributed by atoms with van der Waals surface area (Å²) in [7, 11) is -0.586. The molecule has 0 saturated heterocycles. The molecule has 0 aliphatic rings. The van der Waals surface area contributed by atoms with E-state index in [4.69, 9.17) is 4.42 Å². The van der Waals surface area contributed by atoms with Gasteiger partial charge in [0, 0.05) is 19.7 Å². The Kier molecular flexibility index (Phi) is 6.22. The molecule has 148 valence electrons. The number of carbonyl (C=O) groups is 1. The Labute approximate surface area is 169 Å². The average molecular weight is 419 g/mol. The van der Waals surface area contributed by atoms with E-state index in [9.17, 15) is 13.2 Å². The number of hydrogen-bond donors (Lipinski definition) is 0. The zero-order valence-corrected chi connectivity index (χ0v) is 17.6. The van der Waals surface area contributed by atoms with Crippen molar-refractivity contribution in [3.05, 3.63) is 53.6 Å². The van der Waals surface area contributed by atoms with Crippen molar-refractivity contribution in [3.8, 4) is 0 Å². The number of ketones is 1. The van der Waals surface area contributed by atoms with Crippen LogP contribution in [0.4, 0.5) is 0 Å². The fraction of sp³-hybridized carbons (Fsp3) is 0.300. The molecule has 0 aliphatic heterocycles. The van der Waals surface area contributed by atoms with E-state index in [1.807, 2.05) is 24.3 Å². The van der Waals surface area contributed by atoms with E-state index in [1.165, 1.54) is 43.6 Å². The number of aromatic nitrogens is 1. The van der Waals surface area contributed by atoms with Gasteiger partial charge in [-0.1, -0.05) is 49.4 Å². The minimum Gasteiger partial charge on any atom is -0.431 e. The third kappa shape index (κ3) is 4.45. The molecule has 0 unspecified atom stereocenters. The number of nitrogens with zero attached hydrogens (tertiary/aromatic N) is 2. The third-order valence-corrected chi connectivity index (χ3v) is 6.90. The molecular formula is C20H22N2O4S2. The molecule has 0 amide bonds. The number of thioether (sulfide) groups is 1. The van der Waals surface area contributed by atoms with E-state index in [-0.39, 0.29) is 16.4 Å². The number of aryl methyl sites for hydroxylation is 1. The van der Waals surface area contributed by atoms with Crippen LogP contribution in [0.15, 0.2) is 57.0 Å². The number of fused-ring (bicyclic) bond motifs is 1. The lowest BCUT2D eigenvalue weighted by Crippen LogP contribution is -2.22. The third-order valence-electron chi connectivity index (χ3n) is 4.26. The second-order valence-corrected chi connectivity index (χ2v) is 9.63. The van der Waals surface area contributed by atoms with E-state index in [0.717, 1.165) is 17.1 Å². The van der Waals surface area contributed by atoms with Crippen molar-refractivity contribution < 1.29 is 17.6 Å². The van der Waals surface area contributed by atoms with Crippen molar-refractivity contribution in [1.29, 1.82) is 0 Å². The summed E-state index contributed by atoms with van der Waals surface area (Å²) in [5, 5.41) is 0.338. The van der Waals surface area contributed by atoms with Crippen LogP contribution in [0.3, 0.4) is 0 Å². The summed E-state index contributed by atoms with van der Waals surface area (Å²) in [6, 6.07) is 12.2. The number of benzene rings is 2. The molecule has 0 fully saturated rings. The molecule has 0 atom stereocenters. The maximum atomic E-state index is 12.4. The highest BCUT2D eigenvalue weighted by molar-refractivity contribution is 7.99. The summed E-state index contributed by atoms with van der Waals surface area (Å²) in [6.07, 6.45) is 2.07. The number of sulfonamides is 1. The zero-order chi connectivity index (χ0) is 20.3. The van der Waals surface area contributed by atoms with Gasteiger partial charge in [-0.3, -0.25) is 4.79 Å². The van der Waals surface area contributed by atoms with Gasteiger partial charge < -0.3 is 4.42 Å². The number of hydrogen-bond acceptors (Lipinski definition) is 6. The van der Waals surface area contributed by atoms with Gasteiger partial charge in [-0.25, -0.2) is 17.7 Å². The van der Waals surface area contributed by atoms with Crippen molar-refractivity contribution in [2.75, 3.05) is 19.8 Å². The number of rotatable bonds is 8. The van der Waals surface area contributed by atoms with E-state index in [2.05, 4.69) is 11.9 Å². The normalized spacial score (nSPS) is 12.0. The summed E-state index contributed by atoms with van der Waals surface area (Å²) in [5.74, 6) is 0.189. The summed E-state index contributed by atoms with van der Waals surface area (Å²) in [5.41, 5.74) is 2.80. The topological polar surface area (TPSA) is 80.5 Å². The Bertz CT molecular complexity index is 1090. The van der Waals surface area contributed by atoms with Crippen molar-refractivity contribution in [3.63, 3.8) is 0 Å². The lowest BCUT2D eigenvalue weighted by atomic mass is 10.1. The van der Waals surface area contributed by atoms with E-state index in [0.29, 0.717) is 21.9 Å². The number of oxazole rings is 1. The molecule has 0 N–H and O–H groups in total. The molecule has 3 rings (SSSR count). The first kappa shape index (κ1) is 20.6. The summed E-state index contributed by atoms with van der Waals surface area (Å²) in [4.78, 5) is 16.9. The molecule has 6 nitrogen and oxygen atoms in total. The number of carbonyl (C=O) groups excluding carboxylic acids is 1. The van der Waals surface area contributed by atoms with Gasteiger partial charge in [0.15, 0.2) is 11.4 Å². The van der Waals surface area contributed by atoms with Crippen LogP contribution < -0.4 is 0 Å². The Hall–Kier alpha value is -2.16. The summed E-state index contributed by atoms with van der Waals surface area (Å²) >= 11 is 1.20. The molecule has 0 radical (unpaired) electrons. The highest BCUT2D eigenvalue weighted by Gasteiger charge is 2.19. The Balaban J connectivity index is 1.71. The van der Waals surface area contributed by atoms with Crippen LogP contribution in [0.25, 0.3) is 11.1 Å². The van der Waals surface area contributed by atoms with Crippen molar-refractivity contribution in [1.82, 2.24) is 9.29 Å². The van der Waals surface area contributed by atoms with Crippen LogP contribution in [0.2, 0.25) is 0 Å². The molecule has 0 spiro atoms. The maximum absolute atomic E-state index is 12.4. The maximum Gasteiger partial charge on any atom is 0.257 e. The van der Waals surface area contributed by atoms with E-state index in [1.54, 1.807) is 6.07 Å². The second-order valence-electron chi connectivity index (χ2n) is 6.56. The van der Waals surface area contributed by atoms with Crippen molar-refractivity contribution in [2.24, 2.45) is 0 Å². The molecule has 3 aromatic rings. The van der Waals surface area contributed by atoms with Gasteiger partial charge in [0.05, 0.1) is 10.6 Å². The van der Waals surface area contributed by atoms with Gasteiger partial charge in [0.2, 0.25) is 10.0 Å². The quantitative estimate of drug-likeness (QED) is 0.406. The fourth-order valence-corrected chi connectivity index (χ4v) is 4.33. The summed E-state index contributed by atoms with van der Waals surface area (Å²) in [6.45, 7) is 2.12. The first-order valence-corrected chi connectivity index (χ1v) is 11.3. The van der Waals surface area contributed by atoms with Crippen molar-refractivity contribution >= 4 is 38.7 Å². The second kappa shape index (κ2) is 8.46. The lowest BCUT2D eigenvalue weighted by molar-refractivity contribution is 0.102. The molecule has 1 aromatic heterocycles. The lowest BCUT2D eigenvalue weighted by Gasteiger charge is -2.10. The van der Waals surface area contributed by atoms with Crippen LogP contribution in [-0.2, 0) is 16.4 Å². The largest absolute Gasteiger partial charge is 0.431 e. The molecule has 28 heavy (non-hydrogen) atoms. The summed E-state index contributed by atoms with van der Waals surface area (Å²) < 4.78 is 31.2. The molecular weight excluding hydrogens is 396 g/mol. The van der Waals surface area contributed by atoms with Gasteiger partial charge in [-0.15, -0.1) is 0 Å². The van der Waals surface area contributed by atoms with Crippen molar-refractivity contribution in [2.45, 2.75) is 29.9 Å². The van der Waals surface area contributed by atoms with Crippen LogP contribution in [0.1, 0.15) is 29.3 Å². The van der Waals surface area contributed by atoms with Gasteiger partial charge in [-0.2, -0.15) is 0 Å². The SMILES string of the molecule is CCCc1ccc(C(=O)CSc2nc3cc(S(=O)(=O)N(C)C)ccc3o2)cc1. The van der Waals surface area contributed by atoms with E-state index >= 15 is 0 Å². The monoisotopic (exact) mass is 418 g/mol.